The average molecular weight is 542 g/mol. The number of carbonyl (C=O) groups is 4. The number of hydrogen-bond donors (Lipinski definition) is 3. The Morgan fingerprint density at radius 1 is 0.579 bits per heavy atom. The SMILES string of the molecule is CCCCC(=O)[C@H](OC(=O)CCCCCCCCN)[C@@H](OC(=O)CCCCCCCCN)C(=O)NCCC. The molecule has 222 valence electrons. The van der Waals surface area contributed by atoms with E-state index in [-0.39, 0.29) is 19.3 Å². The smallest absolute Gasteiger partial charge is 0.306 e. The quantitative estimate of drug-likeness (QED) is 0.107. The molecule has 0 saturated heterocycles. The first-order valence-corrected chi connectivity index (χ1v) is 15.0. The molecule has 9 nitrogen and oxygen atoms in total. The number of nitrogens with two attached hydrogens (primary N) is 2. The van der Waals surface area contributed by atoms with Crippen molar-refractivity contribution in [3.8, 4) is 0 Å². The summed E-state index contributed by atoms with van der Waals surface area (Å²) >= 11 is 0. The zero-order valence-corrected chi connectivity index (χ0v) is 24.1. The third-order valence-electron chi connectivity index (χ3n) is 6.36. The van der Waals surface area contributed by atoms with Gasteiger partial charge < -0.3 is 26.3 Å². The van der Waals surface area contributed by atoms with Gasteiger partial charge in [-0.1, -0.05) is 71.6 Å². The van der Waals surface area contributed by atoms with Crippen LogP contribution in [-0.2, 0) is 28.7 Å². The van der Waals surface area contributed by atoms with E-state index < -0.39 is 35.8 Å². The largest absolute Gasteiger partial charge is 0.450 e. The molecular weight excluding hydrogens is 486 g/mol. The van der Waals surface area contributed by atoms with Gasteiger partial charge in [0.15, 0.2) is 5.78 Å². The van der Waals surface area contributed by atoms with Crippen LogP contribution in [0.3, 0.4) is 0 Å². The maximum Gasteiger partial charge on any atom is 0.306 e. The number of hydrogen-bond acceptors (Lipinski definition) is 8. The molecule has 0 spiro atoms. The maximum atomic E-state index is 13.0. The number of unbranched alkanes of at least 4 members (excludes halogenated alkanes) is 11. The van der Waals surface area contributed by atoms with Gasteiger partial charge in [-0.2, -0.15) is 0 Å². The van der Waals surface area contributed by atoms with Crippen LogP contribution in [0, 0.1) is 0 Å². The number of rotatable bonds is 26. The topological polar surface area (TPSA) is 151 Å². The van der Waals surface area contributed by atoms with Crippen molar-refractivity contribution in [2.24, 2.45) is 11.5 Å². The van der Waals surface area contributed by atoms with Gasteiger partial charge >= 0.3 is 11.9 Å². The van der Waals surface area contributed by atoms with Crippen LogP contribution in [0.1, 0.15) is 129 Å². The standard InChI is InChI=1S/C29H55N3O6/c1-3-5-18-24(33)27(37-25(34)19-14-10-6-8-12-16-21-30)28(29(36)32-23-4-2)38-26(35)20-15-11-7-9-13-17-22-31/h27-28H,3-23,30-31H2,1-2H3,(H,32,36)/t27-,28+/m0/s1. The molecule has 0 aliphatic heterocycles. The summed E-state index contributed by atoms with van der Waals surface area (Å²) in [4.78, 5) is 51.3. The summed E-state index contributed by atoms with van der Waals surface area (Å²) in [5.41, 5.74) is 11.0. The first kappa shape index (κ1) is 36.0. The van der Waals surface area contributed by atoms with Gasteiger partial charge in [-0.15, -0.1) is 0 Å². The van der Waals surface area contributed by atoms with Gasteiger partial charge in [0.25, 0.3) is 5.91 Å². The van der Waals surface area contributed by atoms with E-state index in [0.717, 1.165) is 70.6 Å². The molecule has 0 saturated carbocycles. The molecule has 0 fully saturated rings. The second kappa shape index (κ2) is 25.3. The summed E-state index contributed by atoms with van der Waals surface area (Å²) in [5.74, 6) is -2.12. The van der Waals surface area contributed by atoms with Gasteiger partial charge in [-0.05, 0) is 51.6 Å². The van der Waals surface area contributed by atoms with E-state index in [4.69, 9.17) is 20.9 Å². The van der Waals surface area contributed by atoms with Crippen LogP contribution >= 0.6 is 0 Å². The Balaban J connectivity index is 5.14. The van der Waals surface area contributed by atoms with Crippen LogP contribution in [0.25, 0.3) is 0 Å². The van der Waals surface area contributed by atoms with Gasteiger partial charge in [0.1, 0.15) is 0 Å². The Morgan fingerprint density at radius 2 is 1.03 bits per heavy atom. The summed E-state index contributed by atoms with van der Waals surface area (Å²) in [5, 5.41) is 2.70. The lowest BCUT2D eigenvalue weighted by atomic mass is 10.0. The Morgan fingerprint density at radius 3 is 1.47 bits per heavy atom. The highest BCUT2D eigenvalue weighted by molar-refractivity contribution is 5.94. The molecule has 0 aliphatic rings. The van der Waals surface area contributed by atoms with Gasteiger partial charge in [0.2, 0.25) is 12.2 Å². The van der Waals surface area contributed by atoms with E-state index in [2.05, 4.69) is 5.32 Å². The van der Waals surface area contributed by atoms with Gasteiger partial charge in [0, 0.05) is 25.8 Å². The Bertz CT molecular complexity index is 590. The van der Waals surface area contributed by atoms with Crippen molar-refractivity contribution in [3.05, 3.63) is 0 Å². The monoisotopic (exact) mass is 541 g/mol. The number of ether oxygens (including phenoxy) is 2. The molecule has 5 N–H and O–H groups in total. The Labute approximate surface area is 230 Å². The number of amides is 1. The Hall–Kier alpha value is -2.00. The maximum absolute atomic E-state index is 13.0. The van der Waals surface area contributed by atoms with Crippen LogP contribution < -0.4 is 16.8 Å². The summed E-state index contributed by atoms with van der Waals surface area (Å²) < 4.78 is 11.1. The lowest BCUT2D eigenvalue weighted by Crippen LogP contribution is -2.50. The fourth-order valence-electron chi connectivity index (χ4n) is 4.03. The van der Waals surface area contributed by atoms with Crippen LogP contribution in [0.15, 0.2) is 0 Å². The first-order chi connectivity index (χ1) is 18.4. The van der Waals surface area contributed by atoms with Crippen molar-refractivity contribution in [2.45, 2.75) is 142 Å². The number of esters is 2. The molecule has 0 radical (unpaired) electrons. The van der Waals surface area contributed by atoms with Crippen molar-refractivity contribution in [2.75, 3.05) is 19.6 Å². The van der Waals surface area contributed by atoms with E-state index in [1.165, 1.54) is 0 Å². The van der Waals surface area contributed by atoms with E-state index >= 15 is 0 Å². The van der Waals surface area contributed by atoms with E-state index in [1.807, 2.05) is 13.8 Å². The van der Waals surface area contributed by atoms with E-state index in [0.29, 0.717) is 45.3 Å². The van der Waals surface area contributed by atoms with Crippen molar-refractivity contribution >= 4 is 23.6 Å². The second-order valence-electron chi connectivity index (χ2n) is 10.0. The van der Waals surface area contributed by atoms with E-state index in [1.54, 1.807) is 0 Å². The van der Waals surface area contributed by atoms with Crippen LogP contribution in [-0.4, -0.2) is 55.5 Å². The van der Waals surface area contributed by atoms with Crippen molar-refractivity contribution in [1.82, 2.24) is 5.32 Å². The first-order valence-electron chi connectivity index (χ1n) is 15.0. The number of carbonyl (C=O) groups excluding carboxylic acids is 4. The molecule has 9 heteroatoms. The summed E-state index contributed by atoms with van der Waals surface area (Å²) in [6.07, 6.45) is 10.8. The van der Waals surface area contributed by atoms with Crippen molar-refractivity contribution < 1.29 is 28.7 Å². The summed E-state index contributed by atoms with van der Waals surface area (Å²) in [6.45, 7) is 5.58. The van der Waals surface area contributed by atoms with Crippen molar-refractivity contribution in [3.63, 3.8) is 0 Å². The molecule has 0 aromatic rings. The third-order valence-corrected chi connectivity index (χ3v) is 6.36. The zero-order chi connectivity index (χ0) is 28.4. The zero-order valence-electron chi connectivity index (χ0n) is 24.1. The predicted molar refractivity (Wildman–Crippen MR) is 150 cm³/mol. The molecular formula is C29H55N3O6. The molecule has 0 bridgehead atoms. The molecule has 0 aromatic heterocycles. The molecule has 0 heterocycles. The highest BCUT2D eigenvalue weighted by atomic mass is 16.6. The molecule has 0 aliphatic carbocycles. The van der Waals surface area contributed by atoms with Crippen LogP contribution in [0.5, 0.6) is 0 Å². The highest BCUT2D eigenvalue weighted by Crippen LogP contribution is 2.16. The minimum absolute atomic E-state index is 0.141. The minimum Gasteiger partial charge on any atom is -0.450 e. The summed E-state index contributed by atoms with van der Waals surface area (Å²) in [7, 11) is 0. The van der Waals surface area contributed by atoms with Crippen LogP contribution in [0.4, 0.5) is 0 Å². The molecule has 2 atom stereocenters. The van der Waals surface area contributed by atoms with Crippen molar-refractivity contribution in [1.29, 1.82) is 0 Å². The third kappa shape index (κ3) is 19.1. The van der Waals surface area contributed by atoms with Gasteiger partial charge in [-0.3, -0.25) is 19.2 Å². The number of nitrogens with one attached hydrogen (secondary N) is 1. The number of ketones is 1. The normalized spacial score (nSPS) is 12.5. The van der Waals surface area contributed by atoms with Crippen LogP contribution in [0.2, 0.25) is 0 Å². The highest BCUT2D eigenvalue weighted by Gasteiger charge is 2.39. The second-order valence-corrected chi connectivity index (χ2v) is 10.0. The minimum atomic E-state index is -1.48. The average Bonchev–Trinajstić information content (AvgIpc) is 2.91. The van der Waals surface area contributed by atoms with Gasteiger partial charge in [0.05, 0.1) is 0 Å². The molecule has 0 unspecified atom stereocenters. The lowest BCUT2D eigenvalue weighted by Gasteiger charge is -2.25. The van der Waals surface area contributed by atoms with Gasteiger partial charge in [-0.25, -0.2) is 0 Å². The lowest BCUT2D eigenvalue weighted by molar-refractivity contribution is -0.176. The molecule has 0 aromatic carbocycles. The molecule has 38 heavy (non-hydrogen) atoms. The predicted octanol–water partition coefficient (Wildman–Crippen LogP) is 4.47. The Kier molecular flexibility index (Phi) is 24.0. The fraction of sp³-hybridized carbons (Fsp3) is 0.862. The summed E-state index contributed by atoms with van der Waals surface area (Å²) in [6, 6.07) is 0. The molecule has 1 amide bonds. The molecule has 0 rings (SSSR count). The fourth-order valence-corrected chi connectivity index (χ4v) is 4.03. The van der Waals surface area contributed by atoms with E-state index in [9.17, 15) is 19.2 Å². The number of Topliss-reactive ketones (excluding diaryl/α,β-unsaturated/α-hetero) is 1.